The quantitative estimate of drug-likeness (QED) is 0.177. The average molecular weight is 619 g/mol. The van der Waals surface area contributed by atoms with Crippen molar-refractivity contribution in [1.82, 2.24) is 0 Å². The molecule has 48 heavy (non-hydrogen) atoms. The molecule has 2 heteroatoms. The van der Waals surface area contributed by atoms with E-state index in [4.69, 9.17) is 0 Å². The number of rotatable bonds is 8. The van der Waals surface area contributed by atoms with E-state index in [1.54, 1.807) is 0 Å². The highest BCUT2D eigenvalue weighted by molar-refractivity contribution is 5.96. The van der Waals surface area contributed by atoms with Crippen LogP contribution in [0.2, 0.25) is 0 Å². The summed E-state index contributed by atoms with van der Waals surface area (Å²) in [5, 5.41) is 10.0. The molecule has 0 spiro atoms. The lowest BCUT2D eigenvalue weighted by Gasteiger charge is -2.22. The summed E-state index contributed by atoms with van der Waals surface area (Å²) in [5.74, 6) is 0. The molecule has 0 fully saturated rings. The second kappa shape index (κ2) is 12.4. The zero-order valence-corrected chi connectivity index (χ0v) is 27.3. The van der Waals surface area contributed by atoms with Crippen molar-refractivity contribution in [3.05, 3.63) is 192 Å². The normalized spacial score (nSPS) is 13.6. The van der Waals surface area contributed by atoms with E-state index >= 15 is 0 Å². The molecular formula is C46H38N2. The number of para-hydroxylation sites is 3. The van der Waals surface area contributed by atoms with E-state index in [-0.39, 0.29) is 11.5 Å². The minimum atomic E-state index is -0.0737. The van der Waals surface area contributed by atoms with Gasteiger partial charge in [-0.05, 0) is 98.2 Å². The summed E-state index contributed by atoms with van der Waals surface area (Å²) in [6, 6.07) is 58.5. The first-order valence-electron chi connectivity index (χ1n) is 16.7. The van der Waals surface area contributed by atoms with Crippen LogP contribution in [-0.4, -0.2) is 0 Å². The molecule has 0 heterocycles. The number of fused-ring (bicyclic) bond motifs is 4. The smallest absolute Gasteiger partial charge is 0.0701 e. The summed E-state index contributed by atoms with van der Waals surface area (Å²) in [6.45, 7) is 4.71. The molecule has 0 amide bonds. The molecule has 7 aromatic carbocycles. The second-order valence-corrected chi connectivity index (χ2v) is 13.1. The number of nitrogens with one attached hydrogen (secondary N) is 2. The van der Waals surface area contributed by atoms with E-state index in [2.05, 4.69) is 194 Å². The third-order valence-electron chi connectivity index (χ3n) is 9.70. The Hall–Kier alpha value is -5.86. The molecule has 0 aromatic heterocycles. The molecule has 0 saturated carbocycles. The van der Waals surface area contributed by atoms with Crippen LogP contribution in [0.25, 0.3) is 39.1 Å². The predicted molar refractivity (Wildman–Crippen MR) is 205 cm³/mol. The molecule has 1 atom stereocenters. The van der Waals surface area contributed by atoms with Crippen molar-refractivity contribution < 1.29 is 0 Å². The highest BCUT2D eigenvalue weighted by atomic mass is 14.9. The fourth-order valence-corrected chi connectivity index (χ4v) is 7.22. The summed E-state index contributed by atoms with van der Waals surface area (Å²) >= 11 is 0. The van der Waals surface area contributed by atoms with Gasteiger partial charge in [0.2, 0.25) is 0 Å². The Kier molecular flexibility index (Phi) is 7.62. The maximum absolute atomic E-state index is 3.82. The molecule has 232 valence electrons. The van der Waals surface area contributed by atoms with Gasteiger partial charge in [-0.1, -0.05) is 141 Å². The van der Waals surface area contributed by atoms with E-state index in [1.165, 1.54) is 49.7 Å². The molecule has 2 N–H and O–H groups in total. The average Bonchev–Trinajstić information content (AvgIpc) is 3.36. The van der Waals surface area contributed by atoms with Crippen LogP contribution in [0.15, 0.2) is 170 Å². The van der Waals surface area contributed by atoms with Gasteiger partial charge in [0.05, 0.1) is 6.04 Å². The van der Waals surface area contributed by atoms with Crippen molar-refractivity contribution in [1.29, 1.82) is 0 Å². The van der Waals surface area contributed by atoms with E-state index in [0.717, 1.165) is 22.6 Å². The van der Waals surface area contributed by atoms with Crippen LogP contribution >= 0.6 is 0 Å². The highest BCUT2D eigenvalue weighted by Crippen LogP contribution is 2.51. The van der Waals surface area contributed by atoms with Crippen molar-refractivity contribution in [3.8, 4) is 22.3 Å². The standard InChI is InChI=1S/C46H38N2/c1-46(2)41-25-14-17-32(45(41)40-30-33-15-9-10-16-34(33)31-42(40)46)27-28-43(47-37-20-5-3-6-21-37)36-19-13-18-35(29-36)39-24-11-12-26-44(39)48-38-22-7-4-8-23-38/h3-31,43,47-48H,1-2H3/b28-27+. The SMILES string of the molecule is CC1(C)c2cc3ccccc3cc2-c2c(/C=C/C(Nc3ccccc3)c3cccc(-c4ccccc4Nc4ccccc4)c3)cccc21. The van der Waals surface area contributed by atoms with Gasteiger partial charge in [0.1, 0.15) is 0 Å². The molecular weight excluding hydrogens is 581 g/mol. The number of hydrogen-bond donors (Lipinski definition) is 2. The van der Waals surface area contributed by atoms with Gasteiger partial charge >= 0.3 is 0 Å². The Labute approximate surface area is 283 Å². The largest absolute Gasteiger partial charge is 0.375 e. The molecule has 0 bridgehead atoms. The van der Waals surface area contributed by atoms with Crippen LogP contribution < -0.4 is 10.6 Å². The van der Waals surface area contributed by atoms with Crippen molar-refractivity contribution in [3.63, 3.8) is 0 Å². The first-order chi connectivity index (χ1) is 23.5. The first kappa shape index (κ1) is 29.5. The fraction of sp³-hybridized carbons (Fsp3) is 0.0870. The third-order valence-corrected chi connectivity index (χ3v) is 9.70. The summed E-state index contributed by atoms with van der Waals surface area (Å²) in [7, 11) is 0. The van der Waals surface area contributed by atoms with Gasteiger partial charge in [0.15, 0.2) is 0 Å². The van der Waals surface area contributed by atoms with E-state index in [1.807, 2.05) is 6.07 Å². The maximum atomic E-state index is 3.82. The molecule has 0 aliphatic heterocycles. The summed E-state index contributed by atoms with van der Waals surface area (Å²) in [6.07, 6.45) is 4.64. The minimum absolute atomic E-state index is 0.0528. The minimum Gasteiger partial charge on any atom is -0.375 e. The van der Waals surface area contributed by atoms with Crippen LogP contribution in [0.4, 0.5) is 17.1 Å². The molecule has 0 saturated heterocycles. The zero-order valence-electron chi connectivity index (χ0n) is 27.3. The summed E-state index contributed by atoms with van der Waals surface area (Å²) < 4.78 is 0. The fourth-order valence-electron chi connectivity index (χ4n) is 7.22. The van der Waals surface area contributed by atoms with Crippen LogP contribution in [0.1, 0.15) is 42.1 Å². The Morgan fingerprint density at radius 1 is 0.542 bits per heavy atom. The van der Waals surface area contributed by atoms with E-state index < -0.39 is 0 Å². The molecule has 1 aliphatic carbocycles. The molecule has 1 unspecified atom stereocenters. The lowest BCUT2D eigenvalue weighted by atomic mass is 9.81. The lowest BCUT2D eigenvalue weighted by molar-refractivity contribution is 0.661. The number of hydrogen-bond acceptors (Lipinski definition) is 2. The first-order valence-corrected chi connectivity index (χ1v) is 16.7. The molecule has 7 aromatic rings. The molecule has 2 nitrogen and oxygen atoms in total. The van der Waals surface area contributed by atoms with Gasteiger partial charge in [-0.25, -0.2) is 0 Å². The van der Waals surface area contributed by atoms with Crippen LogP contribution in [0.3, 0.4) is 0 Å². The van der Waals surface area contributed by atoms with Gasteiger partial charge in [-0.2, -0.15) is 0 Å². The zero-order chi connectivity index (χ0) is 32.5. The summed E-state index contributed by atoms with van der Waals surface area (Å²) in [5.41, 5.74) is 13.4. The van der Waals surface area contributed by atoms with E-state index in [0.29, 0.717) is 0 Å². The van der Waals surface area contributed by atoms with Gasteiger partial charge in [-0.3, -0.25) is 0 Å². The van der Waals surface area contributed by atoms with E-state index in [9.17, 15) is 0 Å². The third kappa shape index (κ3) is 5.56. The summed E-state index contributed by atoms with van der Waals surface area (Å²) in [4.78, 5) is 0. The van der Waals surface area contributed by atoms with Crippen molar-refractivity contribution >= 4 is 33.9 Å². The molecule has 1 aliphatic rings. The Balaban J connectivity index is 1.20. The van der Waals surface area contributed by atoms with Gasteiger partial charge in [0, 0.05) is 28.0 Å². The second-order valence-electron chi connectivity index (χ2n) is 13.1. The Bertz CT molecular complexity index is 2260. The Morgan fingerprint density at radius 3 is 2.00 bits per heavy atom. The lowest BCUT2D eigenvalue weighted by Crippen LogP contribution is -2.14. The monoisotopic (exact) mass is 618 g/mol. The van der Waals surface area contributed by atoms with Crippen molar-refractivity contribution in [2.45, 2.75) is 25.3 Å². The molecule has 8 rings (SSSR count). The van der Waals surface area contributed by atoms with Crippen LogP contribution in [0.5, 0.6) is 0 Å². The predicted octanol–water partition coefficient (Wildman–Crippen LogP) is 12.4. The highest BCUT2D eigenvalue weighted by Gasteiger charge is 2.36. The Morgan fingerprint density at radius 2 is 1.21 bits per heavy atom. The van der Waals surface area contributed by atoms with Crippen molar-refractivity contribution in [2.75, 3.05) is 10.6 Å². The van der Waals surface area contributed by atoms with Crippen LogP contribution in [0, 0.1) is 0 Å². The topological polar surface area (TPSA) is 24.1 Å². The van der Waals surface area contributed by atoms with Gasteiger partial charge in [0.25, 0.3) is 0 Å². The number of benzene rings is 7. The van der Waals surface area contributed by atoms with Gasteiger partial charge < -0.3 is 10.6 Å². The van der Waals surface area contributed by atoms with Crippen molar-refractivity contribution in [2.24, 2.45) is 0 Å². The molecule has 0 radical (unpaired) electrons. The maximum Gasteiger partial charge on any atom is 0.0701 e. The van der Waals surface area contributed by atoms with Crippen LogP contribution in [-0.2, 0) is 5.41 Å². The van der Waals surface area contributed by atoms with Gasteiger partial charge in [-0.15, -0.1) is 0 Å². The number of anilines is 3.